The highest BCUT2D eigenvalue weighted by Gasteiger charge is 2.20. The Labute approximate surface area is 136 Å². The molecule has 1 atom stereocenters. The number of fused-ring (bicyclic) bond motifs is 1. The van der Waals surface area contributed by atoms with Gasteiger partial charge in [0.15, 0.2) is 0 Å². The Hall–Kier alpha value is -0.540. The van der Waals surface area contributed by atoms with Crippen LogP contribution in [0.2, 0.25) is 0 Å². The first kappa shape index (κ1) is 15.4. The summed E-state index contributed by atoms with van der Waals surface area (Å²) >= 11 is 3.61. The molecular weight excluding hydrogens is 326 g/mol. The van der Waals surface area contributed by atoms with Crippen molar-refractivity contribution in [2.75, 3.05) is 6.61 Å². The van der Waals surface area contributed by atoms with Gasteiger partial charge in [0.2, 0.25) is 0 Å². The third-order valence-corrected chi connectivity index (χ3v) is 5.44. The number of nitrogens with two attached hydrogens (primary N) is 1. The summed E-state index contributed by atoms with van der Waals surface area (Å²) in [6.07, 6.45) is 11.5. The number of benzene rings is 1. The summed E-state index contributed by atoms with van der Waals surface area (Å²) in [6.45, 7) is 0.816. The lowest BCUT2D eigenvalue weighted by Crippen LogP contribution is -2.24. The fourth-order valence-corrected chi connectivity index (χ4v) is 4.36. The molecule has 2 N–H and O–H groups in total. The molecule has 0 bridgehead atoms. The van der Waals surface area contributed by atoms with Crippen LogP contribution >= 0.6 is 15.9 Å². The van der Waals surface area contributed by atoms with Crippen LogP contribution in [0.25, 0.3) is 0 Å². The van der Waals surface area contributed by atoms with Gasteiger partial charge in [-0.15, -0.1) is 0 Å². The van der Waals surface area contributed by atoms with Crippen molar-refractivity contribution >= 4 is 15.9 Å². The zero-order valence-electron chi connectivity index (χ0n) is 12.7. The van der Waals surface area contributed by atoms with E-state index in [0.29, 0.717) is 0 Å². The molecule has 2 nitrogen and oxygen atoms in total. The highest BCUT2D eigenvalue weighted by molar-refractivity contribution is 9.10. The Morgan fingerprint density at radius 1 is 1.24 bits per heavy atom. The van der Waals surface area contributed by atoms with Gasteiger partial charge in [0, 0.05) is 16.9 Å². The van der Waals surface area contributed by atoms with E-state index in [1.54, 1.807) is 0 Å². The van der Waals surface area contributed by atoms with Gasteiger partial charge in [-0.05, 0) is 48.4 Å². The second-order valence-corrected chi connectivity index (χ2v) is 7.61. The van der Waals surface area contributed by atoms with Crippen LogP contribution < -0.4 is 10.5 Å². The van der Waals surface area contributed by atoms with E-state index in [0.717, 1.165) is 42.0 Å². The van der Waals surface area contributed by atoms with Crippen LogP contribution in [-0.4, -0.2) is 12.6 Å². The zero-order chi connectivity index (χ0) is 14.7. The Bertz CT molecular complexity index is 482. The van der Waals surface area contributed by atoms with E-state index in [1.807, 2.05) is 0 Å². The molecule has 0 aromatic heterocycles. The van der Waals surface area contributed by atoms with Crippen molar-refractivity contribution in [2.45, 2.75) is 63.8 Å². The fourth-order valence-electron chi connectivity index (χ4n) is 3.81. The molecule has 3 heteroatoms. The molecule has 0 amide bonds. The van der Waals surface area contributed by atoms with E-state index in [-0.39, 0.29) is 6.04 Å². The first-order valence-corrected chi connectivity index (χ1v) is 9.21. The minimum Gasteiger partial charge on any atom is -0.493 e. The molecule has 1 aliphatic heterocycles. The number of hydrogen-bond donors (Lipinski definition) is 1. The summed E-state index contributed by atoms with van der Waals surface area (Å²) in [5, 5.41) is 0. The van der Waals surface area contributed by atoms with Gasteiger partial charge >= 0.3 is 0 Å². The van der Waals surface area contributed by atoms with E-state index in [1.165, 1.54) is 49.7 Å². The zero-order valence-corrected chi connectivity index (χ0v) is 14.3. The summed E-state index contributed by atoms with van der Waals surface area (Å²) in [7, 11) is 0. The molecule has 3 rings (SSSR count). The van der Waals surface area contributed by atoms with Crippen LogP contribution in [0.4, 0.5) is 0 Å². The molecule has 1 unspecified atom stereocenters. The molecule has 1 aromatic carbocycles. The van der Waals surface area contributed by atoms with Crippen LogP contribution in [0.3, 0.4) is 0 Å². The number of rotatable bonds is 5. The van der Waals surface area contributed by atoms with Gasteiger partial charge in [-0.25, -0.2) is 0 Å². The highest BCUT2D eigenvalue weighted by atomic mass is 79.9. The summed E-state index contributed by atoms with van der Waals surface area (Å²) in [6, 6.07) is 4.62. The maximum absolute atomic E-state index is 6.40. The van der Waals surface area contributed by atoms with Crippen molar-refractivity contribution in [3.8, 4) is 5.75 Å². The molecule has 2 aliphatic rings. The van der Waals surface area contributed by atoms with Crippen molar-refractivity contribution < 1.29 is 4.74 Å². The van der Waals surface area contributed by atoms with E-state index in [9.17, 15) is 0 Å². The molecule has 1 fully saturated rings. The molecule has 0 spiro atoms. The van der Waals surface area contributed by atoms with Gasteiger partial charge in [-0.3, -0.25) is 0 Å². The normalized spacial score (nSPS) is 20.1. The van der Waals surface area contributed by atoms with Gasteiger partial charge in [0.05, 0.1) is 6.61 Å². The molecule has 1 aromatic rings. The van der Waals surface area contributed by atoms with Gasteiger partial charge in [0.1, 0.15) is 5.75 Å². The minimum absolute atomic E-state index is 0.259. The van der Waals surface area contributed by atoms with Crippen molar-refractivity contribution in [1.82, 2.24) is 0 Å². The van der Waals surface area contributed by atoms with E-state index in [2.05, 4.69) is 28.1 Å². The first-order chi connectivity index (χ1) is 10.2. The van der Waals surface area contributed by atoms with Crippen LogP contribution in [-0.2, 0) is 12.8 Å². The Morgan fingerprint density at radius 3 is 2.86 bits per heavy atom. The van der Waals surface area contributed by atoms with Gasteiger partial charge in [-0.2, -0.15) is 0 Å². The quantitative estimate of drug-likeness (QED) is 0.840. The van der Waals surface area contributed by atoms with Gasteiger partial charge in [-0.1, -0.05) is 48.0 Å². The van der Waals surface area contributed by atoms with Crippen molar-refractivity contribution in [1.29, 1.82) is 0 Å². The Morgan fingerprint density at radius 2 is 2.05 bits per heavy atom. The second-order valence-electron chi connectivity index (χ2n) is 6.70. The largest absolute Gasteiger partial charge is 0.493 e. The summed E-state index contributed by atoms with van der Waals surface area (Å²) < 4.78 is 6.96. The molecule has 21 heavy (non-hydrogen) atoms. The fraction of sp³-hybridized carbons (Fsp3) is 0.667. The van der Waals surface area contributed by atoms with Crippen molar-refractivity contribution in [3.05, 3.63) is 27.7 Å². The van der Waals surface area contributed by atoms with Crippen LogP contribution in [0, 0.1) is 5.92 Å². The molecular formula is C18H26BrNO. The third kappa shape index (κ3) is 4.01. The standard InChI is InChI=1S/C18H26BrNO/c19-16-10-14-8-9-21-18(14)15(11-16)12-17(20)7-6-13-4-2-1-3-5-13/h10-11,13,17H,1-9,12,20H2. The van der Waals surface area contributed by atoms with E-state index >= 15 is 0 Å². The minimum atomic E-state index is 0.259. The monoisotopic (exact) mass is 351 g/mol. The number of ether oxygens (including phenoxy) is 1. The van der Waals surface area contributed by atoms with Crippen molar-refractivity contribution in [3.63, 3.8) is 0 Å². The lowest BCUT2D eigenvalue weighted by molar-refractivity contribution is 0.321. The lowest BCUT2D eigenvalue weighted by atomic mass is 9.84. The lowest BCUT2D eigenvalue weighted by Gasteiger charge is -2.23. The first-order valence-electron chi connectivity index (χ1n) is 8.42. The molecule has 0 radical (unpaired) electrons. The average molecular weight is 352 g/mol. The summed E-state index contributed by atoms with van der Waals surface area (Å²) in [5.41, 5.74) is 9.01. The number of hydrogen-bond acceptors (Lipinski definition) is 2. The molecule has 0 saturated heterocycles. The predicted molar refractivity (Wildman–Crippen MR) is 90.8 cm³/mol. The van der Waals surface area contributed by atoms with Crippen LogP contribution in [0.5, 0.6) is 5.75 Å². The van der Waals surface area contributed by atoms with Gasteiger partial charge in [0.25, 0.3) is 0 Å². The maximum Gasteiger partial charge on any atom is 0.125 e. The smallest absolute Gasteiger partial charge is 0.125 e. The summed E-state index contributed by atoms with van der Waals surface area (Å²) in [5.74, 6) is 2.03. The molecule has 1 aliphatic carbocycles. The van der Waals surface area contributed by atoms with Crippen LogP contribution in [0.1, 0.15) is 56.1 Å². The topological polar surface area (TPSA) is 35.2 Å². The second kappa shape index (κ2) is 7.15. The third-order valence-electron chi connectivity index (χ3n) is 4.98. The maximum atomic E-state index is 6.40. The van der Waals surface area contributed by atoms with Crippen LogP contribution in [0.15, 0.2) is 16.6 Å². The van der Waals surface area contributed by atoms with Gasteiger partial charge < -0.3 is 10.5 Å². The SMILES string of the molecule is NC(CCC1CCCCC1)Cc1cc(Br)cc2c1OCC2. The number of halogens is 1. The van der Waals surface area contributed by atoms with E-state index < -0.39 is 0 Å². The van der Waals surface area contributed by atoms with Crippen molar-refractivity contribution in [2.24, 2.45) is 11.7 Å². The Kier molecular flexibility index (Phi) is 5.23. The highest BCUT2D eigenvalue weighted by Crippen LogP contribution is 2.34. The predicted octanol–water partition coefficient (Wildman–Crippen LogP) is 4.61. The van der Waals surface area contributed by atoms with E-state index in [4.69, 9.17) is 10.5 Å². The molecule has 116 valence electrons. The average Bonchev–Trinajstić information content (AvgIpc) is 2.94. The Balaban J connectivity index is 1.56. The molecule has 1 saturated carbocycles. The summed E-state index contributed by atoms with van der Waals surface area (Å²) in [4.78, 5) is 0. The molecule has 1 heterocycles.